The molecule has 0 heterocycles. The molecule has 0 aliphatic heterocycles. The molecule has 0 spiro atoms. The SMILES string of the molecule is CC1CCC(C(C)C)C(CNC(C)C)C1. The summed E-state index contributed by atoms with van der Waals surface area (Å²) in [6.45, 7) is 12.9. The van der Waals surface area contributed by atoms with E-state index >= 15 is 0 Å². The van der Waals surface area contributed by atoms with Crippen LogP contribution in [0.4, 0.5) is 0 Å². The summed E-state index contributed by atoms with van der Waals surface area (Å²) in [5.74, 6) is 3.67. The van der Waals surface area contributed by atoms with Crippen molar-refractivity contribution in [3.05, 3.63) is 0 Å². The van der Waals surface area contributed by atoms with Gasteiger partial charge in [0.15, 0.2) is 0 Å². The first-order valence-corrected chi connectivity index (χ1v) is 6.74. The van der Waals surface area contributed by atoms with Crippen LogP contribution in [0.2, 0.25) is 0 Å². The zero-order chi connectivity index (χ0) is 11.4. The lowest BCUT2D eigenvalue weighted by atomic mass is 9.70. The molecule has 0 aromatic carbocycles. The molecule has 1 saturated carbocycles. The molecule has 1 aliphatic carbocycles. The average molecular weight is 211 g/mol. The van der Waals surface area contributed by atoms with Crippen molar-refractivity contribution in [3.8, 4) is 0 Å². The molecule has 90 valence electrons. The molecule has 0 amide bonds. The Balaban J connectivity index is 2.46. The van der Waals surface area contributed by atoms with Gasteiger partial charge < -0.3 is 5.32 Å². The molecule has 0 bridgehead atoms. The van der Waals surface area contributed by atoms with Crippen molar-refractivity contribution in [2.45, 2.75) is 59.9 Å². The van der Waals surface area contributed by atoms with Crippen LogP contribution < -0.4 is 5.32 Å². The lowest BCUT2D eigenvalue weighted by molar-refractivity contribution is 0.140. The Bertz CT molecular complexity index is 174. The first kappa shape index (κ1) is 13.0. The standard InChI is InChI=1S/C14H29N/c1-10(2)14-7-6-12(5)8-13(14)9-15-11(3)4/h10-15H,6-9H2,1-5H3. The van der Waals surface area contributed by atoms with Gasteiger partial charge in [-0.1, -0.05) is 41.0 Å². The topological polar surface area (TPSA) is 12.0 Å². The first-order chi connectivity index (χ1) is 7.00. The molecule has 1 aliphatic rings. The lowest BCUT2D eigenvalue weighted by Crippen LogP contribution is -2.37. The summed E-state index contributed by atoms with van der Waals surface area (Å²) in [6.07, 6.45) is 4.33. The van der Waals surface area contributed by atoms with Crippen LogP contribution in [0.5, 0.6) is 0 Å². The summed E-state index contributed by atoms with van der Waals surface area (Å²) in [4.78, 5) is 0. The molecule has 15 heavy (non-hydrogen) atoms. The maximum Gasteiger partial charge on any atom is 0.00104 e. The second-order valence-electron chi connectivity index (χ2n) is 6.15. The smallest absolute Gasteiger partial charge is 0.00104 e. The normalized spacial score (nSPS) is 32.6. The third-order valence-corrected chi connectivity index (χ3v) is 3.95. The fourth-order valence-electron chi connectivity index (χ4n) is 3.02. The van der Waals surface area contributed by atoms with Gasteiger partial charge in [0.1, 0.15) is 0 Å². The minimum absolute atomic E-state index is 0.634. The molecule has 0 aromatic rings. The second-order valence-corrected chi connectivity index (χ2v) is 6.15. The van der Waals surface area contributed by atoms with Crippen molar-refractivity contribution < 1.29 is 0 Å². The summed E-state index contributed by atoms with van der Waals surface area (Å²) in [5.41, 5.74) is 0. The van der Waals surface area contributed by atoms with Gasteiger partial charge in [-0.2, -0.15) is 0 Å². The summed E-state index contributed by atoms with van der Waals surface area (Å²) in [5, 5.41) is 3.62. The highest BCUT2D eigenvalue weighted by molar-refractivity contribution is 4.82. The zero-order valence-electron chi connectivity index (χ0n) is 11.2. The number of rotatable bonds is 4. The predicted molar refractivity (Wildman–Crippen MR) is 68.0 cm³/mol. The molecule has 0 aromatic heterocycles. The van der Waals surface area contributed by atoms with Gasteiger partial charge in [0, 0.05) is 6.04 Å². The summed E-state index contributed by atoms with van der Waals surface area (Å²) in [6, 6.07) is 0.634. The molecule has 1 nitrogen and oxygen atoms in total. The van der Waals surface area contributed by atoms with Gasteiger partial charge in [0.2, 0.25) is 0 Å². The lowest BCUT2D eigenvalue weighted by Gasteiger charge is -2.38. The van der Waals surface area contributed by atoms with Crippen LogP contribution in [-0.2, 0) is 0 Å². The van der Waals surface area contributed by atoms with Crippen LogP contribution in [0, 0.1) is 23.7 Å². The van der Waals surface area contributed by atoms with Gasteiger partial charge in [-0.15, -0.1) is 0 Å². The minimum Gasteiger partial charge on any atom is -0.314 e. The highest BCUT2D eigenvalue weighted by Gasteiger charge is 2.30. The van der Waals surface area contributed by atoms with Gasteiger partial charge in [-0.25, -0.2) is 0 Å². The van der Waals surface area contributed by atoms with Crippen molar-refractivity contribution in [3.63, 3.8) is 0 Å². The van der Waals surface area contributed by atoms with Crippen molar-refractivity contribution >= 4 is 0 Å². The minimum atomic E-state index is 0.634. The van der Waals surface area contributed by atoms with E-state index in [0.717, 1.165) is 23.7 Å². The Labute approximate surface area is 96.0 Å². The highest BCUT2D eigenvalue weighted by Crippen LogP contribution is 2.37. The molecule has 3 unspecified atom stereocenters. The van der Waals surface area contributed by atoms with E-state index in [1.807, 2.05) is 0 Å². The van der Waals surface area contributed by atoms with Gasteiger partial charge in [0.25, 0.3) is 0 Å². The van der Waals surface area contributed by atoms with Gasteiger partial charge in [0.05, 0.1) is 0 Å². The van der Waals surface area contributed by atoms with Gasteiger partial charge >= 0.3 is 0 Å². The average Bonchev–Trinajstić information content (AvgIpc) is 2.14. The highest BCUT2D eigenvalue weighted by atomic mass is 14.9. The van der Waals surface area contributed by atoms with E-state index in [2.05, 4.69) is 39.9 Å². The molecule has 1 heteroatoms. The fourth-order valence-corrected chi connectivity index (χ4v) is 3.02. The maximum absolute atomic E-state index is 3.62. The van der Waals surface area contributed by atoms with E-state index < -0.39 is 0 Å². The van der Waals surface area contributed by atoms with E-state index in [1.165, 1.54) is 25.8 Å². The Morgan fingerprint density at radius 1 is 1.13 bits per heavy atom. The Morgan fingerprint density at radius 2 is 1.80 bits per heavy atom. The second kappa shape index (κ2) is 5.89. The zero-order valence-corrected chi connectivity index (χ0v) is 11.2. The number of hydrogen-bond acceptors (Lipinski definition) is 1. The third-order valence-electron chi connectivity index (χ3n) is 3.95. The summed E-state index contributed by atoms with van der Waals surface area (Å²) >= 11 is 0. The quantitative estimate of drug-likeness (QED) is 0.748. The third kappa shape index (κ3) is 4.14. The van der Waals surface area contributed by atoms with E-state index in [1.54, 1.807) is 0 Å². The van der Waals surface area contributed by atoms with Crippen molar-refractivity contribution in [1.82, 2.24) is 5.32 Å². The Morgan fingerprint density at radius 3 is 2.33 bits per heavy atom. The molecule has 1 fully saturated rings. The van der Waals surface area contributed by atoms with E-state index in [0.29, 0.717) is 6.04 Å². The predicted octanol–water partition coefficient (Wildman–Crippen LogP) is 3.69. The number of nitrogens with one attached hydrogen (secondary N) is 1. The molecule has 1 rings (SSSR count). The van der Waals surface area contributed by atoms with Crippen molar-refractivity contribution in [2.24, 2.45) is 23.7 Å². The maximum atomic E-state index is 3.62. The van der Waals surface area contributed by atoms with Gasteiger partial charge in [-0.3, -0.25) is 0 Å². The van der Waals surface area contributed by atoms with Crippen LogP contribution in [-0.4, -0.2) is 12.6 Å². The molecule has 1 N–H and O–H groups in total. The van der Waals surface area contributed by atoms with Crippen LogP contribution >= 0.6 is 0 Å². The molecular weight excluding hydrogens is 182 g/mol. The van der Waals surface area contributed by atoms with E-state index in [9.17, 15) is 0 Å². The van der Waals surface area contributed by atoms with Crippen LogP contribution in [0.15, 0.2) is 0 Å². The molecule has 0 saturated heterocycles. The van der Waals surface area contributed by atoms with Crippen LogP contribution in [0.1, 0.15) is 53.9 Å². The fraction of sp³-hybridized carbons (Fsp3) is 1.00. The molecule has 3 atom stereocenters. The van der Waals surface area contributed by atoms with Crippen LogP contribution in [0.25, 0.3) is 0 Å². The van der Waals surface area contributed by atoms with Gasteiger partial charge in [-0.05, 0) is 43.1 Å². The van der Waals surface area contributed by atoms with E-state index in [-0.39, 0.29) is 0 Å². The van der Waals surface area contributed by atoms with Crippen LogP contribution in [0.3, 0.4) is 0 Å². The monoisotopic (exact) mass is 211 g/mol. The Kier molecular flexibility index (Phi) is 5.11. The molecular formula is C14H29N. The van der Waals surface area contributed by atoms with Crippen molar-refractivity contribution in [1.29, 1.82) is 0 Å². The first-order valence-electron chi connectivity index (χ1n) is 6.74. The summed E-state index contributed by atoms with van der Waals surface area (Å²) < 4.78 is 0. The Hall–Kier alpha value is -0.0400. The van der Waals surface area contributed by atoms with E-state index in [4.69, 9.17) is 0 Å². The molecule has 0 radical (unpaired) electrons. The van der Waals surface area contributed by atoms with Crippen molar-refractivity contribution in [2.75, 3.05) is 6.54 Å². The summed E-state index contributed by atoms with van der Waals surface area (Å²) in [7, 11) is 0. The largest absolute Gasteiger partial charge is 0.314 e. The number of hydrogen-bond donors (Lipinski definition) is 1.